The second-order valence-electron chi connectivity index (χ2n) is 3.69. The van der Waals surface area contributed by atoms with Crippen molar-refractivity contribution in [1.29, 1.82) is 0 Å². The van der Waals surface area contributed by atoms with Crippen molar-refractivity contribution in [3.8, 4) is 12.3 Å². The summed E-state index contributed by atoms with van der Waals surface area (Å²) in [7, 11) is 0. The standard InChI is InChI=1S/C13H20N2/c1-3-5-6-7-9-14-11-13-8-10-15(4-2)12-13/h1,8,10,12,14H,4-7,9,11H2,2H3. The van der Waals surface area contributed by atoms with Crippen LogP contribution < -0.4 is 5.32 Å². The maximum Gasteiger partial charge on any atom is 0.0220 e. The van der Waals surface area contributed by atoms with Crippen molar-refractivity contribution in [2.45, 2.75) is 39.3 Å². The summed E-state index contributed by atoms with van der Waals surface area (Å²) in [5, 5.41) is 3.42. The van der Waals surface area contributed by atoms with Crippen molar-refractivity contribution in [2.75, 3.05) is 6.54 Å². The Kier molecular flexibility index (Phi) is 5.65. The molecule has 0 radical (unpaired) electrons. The van der Waals surface area contributed by atoms with E-state index in [9.17, 15) is 0 Å². The van der Waals surface area contributed by atoms with Gasteiger partial charge in [0.15, 0.2) is 0 Å². The molecule has 0 amide bonds. The number of aromatic nitrogens is 1. The zero-order chi connectivity index (χ0) is 10.9. The number of nitrogens with one attached hydrogen (secondary N) is 1. The normalized spacial score (nSPS) is 10.1. The Morgan fingerprint density at radius 2 is 2.33 bits per heavy atom. The van der Waals surface area contributed by atoms with E-state index >= 15 is 0 Å². The lowest BCUT2D eigenvalue weighted by Crippen LogP contribution is -2.14. The third kappa shape index (κ3) is 4.71. The van der Waals surface area contributed by atoms with Gasteiger partial charge in [-0.1, -0.05) is 0 Å². The van der Waals surface area contributed by atoms with E-state index < -0.39 is 0 Å². The zero-order valence-electron chi connectivity index (χ0n) is 9.50. The summed E-state index contributed by atoms with van der Waals surface area (Å²) >= 11 is 0. The fourth-order valence-corrected chi connectivity index (χ4v) is 1.50. The molecular weight excluding hydrogens is 184 g/mol. The highest BCUT2D eigenvalue weighted by Crippen LogP contribution is 2.00. The highest BCUT2D eigenvalue weighted by molar-refractivity contribution is 5.09. The number of unbranched alkanes of at least 4 members (excludes halogenated alkanes) is 2. The van der Waals surface area contributed by atoms with Crippen LogP contribution in [0.5, 0.6) is 0 Å². The number of hydrogen-bond acceptors (Lipinski definition) is 1. The lowest BCUT2D eigenvalue weighted by molar-refractivity contribution is 0.628. The fourth-order valence-electron chi connectivity index (χ4n) is 1.50. The molecule has 0 bridgehead atoms. The Bertz CT molecular complexity index is 307. The smallest absolute Gasteiger partial charge is 0.0220 e. The summed E-state index contributed by atoms with van der Waals surface area (Å²) in [6.07, 6.45) is 12.7. The molecule has 1 rings (SSSR count). The number of terminal acetylenes is 1. The largest absolute Gasteiger partial charge is 0.354 e. The molecule has 0 unspecified atom stereocenters. The fraction of sp³-hybridized carbons (Fsp3) is 0.538. The van der Waals surface area contributed by atoms with Gasteiger partial charge in [-0.25, -0.2) is 0 Å². The summed E-state index contributed by atoms with van der Waals surface area (Å²) in [6, 6.07) is 2.16. The molecule has 0 fully saturated rings. The topological polar surface area (TPSA) is 17.0 Å². The van der Waals surface area contributed by atoms with Crippen LogP contribution in [0, 0.1) is 12.3 Å². The molecule has 1 heterocycles. The molecule has 0 spiro atoms. The molecule has 2 nitrogen and oxygen atoms in total. The van der Waals surface area contributed by atoms with Crippen molar-refractivity contribution in [2.24, 2.45) is 0 Å². The van der Waals surface area contributed by atoms with E-state index in [4.69, 9.17) is 6.42 Å². The highest BCUT2D eigenvalue weighted by Gasteiger charge is 1.94. The van der Waals surface area contributed by atoms with E-state index in [1.807, 2.05) is 0 Å². The van der Waals surface area contributed by atoms with Gasteiger partial charge < -0.3 is 9.88 Å². The molecule has 0 aromatic carbocycles. The van der Waals surface area contributed by atoms with E-state index in [1.165, 1.54) is 12.0 Å². The van der Waals surface area contributed by atoms with Crippen molar-refractivity contribution >= 4 is 0 Å². The first-order valence-electron chi connectivity index (χ1n) is 5.65. The molecule has 0 aliphatic rings. The average Bonchev–Trinajstić information content (AvgIpc) is 2.71. The van der Waals surface area contributed by atoms with Gasteiger partial charge in [-0.2, -0.15) is 0 Å². The third-order valence-corrected chi connectivity index (χ3v) is 2.43. The highest BCUT2D eigenvalue weighted by atomic mass is 14.9. The first-order valence-corrected chi connectivity index (χ1v) is 5.65. The van der Waals surface area contributed by atoms with Crippen LogP contribution in [-0.4, -0.2) is 11.1 Å². The number of hydrogen-bond donors (Lipinski definition) is 1. The minimum atomic E-state index is 0.897. The van der Waals surface area contributed by atoms with Gasteiger partial charge in [0.1, 0.15) is 0 Å². The molecule has 0 atom stereocenters. The second-order valence-corrected chi connectivity index (χ2v) is 3.69. The minimum Gasteiger partial charge on any atom is -0.354 e. The van der Waals surface area contributed by atoms with Gasteiger partial charge in [0.2, 0.25) is 0 Å². The monoisotopic (exact) mass is 204 g/mol. The van der Waals surface area contributed by atoms with Crippen LogP contribution in [-0.2, 0) is 13.1 Å². The molecule has 2 heteroatoms. The molecule has 0 aliphatic carbocycles. The number of rotatable bonds is 7. The van der Waals surface area contributed by atoms with Crippen LogP contribution in [0.15, 0.2) is 18.5 Å². The first-order chi connectivity index (χ1) is 7.36. The molecule has 1 aromatic rings. The van der Waals surface area contributed by atoms with Crippen LogP contribution in [0.1, 0.15) is 31.7 Å². The van der Waals surface area contributed by atoms with Crippen molar-refractivity contribution in [3.05, 3.63) is 24.0 Å². The predicted molar refractivity (Wildman–Crippen MR) is 64.5 cm³/mol. The van der Waals surface area contributed by atoms with Crippen LogP contribution in [0.25, 0.3) is 0 Å². The van der Waals surface area contributed by atoms with Crippen LogP contribution >= 0.6 is 0 Å². The SMILES string of the molecule is C#CCCCCNCc1ccn(CC)c1. The summed E-state index contributed by atoms with van der Waals surface area (Å²) in [5.74, 6) is 2.66. The quantitative estimate of drug-likeness (QED) is 0.533. The van der Waals surface area contributed by atoms with Crippen LogP contribution in [0.3, 0.4) is 0 Å². The minimum absolute atomic E-state index is 0.897. The summed E-state index contributed by atoms with van der Waals surface area (Å²) < 4.78 is 2.19. The van der Waals surface area contributed by atoms with Gasteiger partial charge >= 0.3 is 0 Å². The molecule has 82 valence electrons. The van der Waals surface area contributed by atoms with E-state index in [0.717, 1.165) is 32.5 Å². The average molecular weight is 204 g/mol. The molecule has 0 saturated carbocycles. The Morgan fingerprint density at radius 3 is 3.00 bits per heavy atom. The summed E-state index contributed by atoms with van der Waals surface area (Å²) in [5.41, 5.74) is 1.36. The molecule has 1 N–H and O–H groups in total. The van der Waals surface area contributed by atoms with Crippen LogP contribution in [0.2, 0.25) is 0 Å². The molecule has 0 aliphatic heterocycles. The molecule has 1 aromatic heterocycles. The Hall–Kier alpha value is -1.20. The lowest BCUT2D eigenvalue weighted by Gasteiger charge is -2.01. The van der Waals surface area contributed by atoms with E-state index in [1.54, 1.807) is 0 Å². The molecular formula is C13H20N2. The zero-order valence-corrected chi connectivity index (χ0v) is 9.50. The summed E-state index contributed by atoms with van der Waals surface area (Å²) in [6.45, 7) is 5.21. The maximum atomic E-state index is 5.18. The van der Waals surface area contributed by atoms with Crippen LogP contribution in [0.4, 0.5) is 0 Å². The van der Waals surface area contributed by atoms with Crippen molar-refractivity contribution in [3.63, 3.8) is 0 Å². The van der Waals surface area contributed by atoms with E-state index in [-0.39, 0.29) is 0 Å². The third-order valence-electron chi connectivity index (χ3n) is 2.43. The van der Waals surface area contributed by atoms with Gasteiger partial charge in [-0.05, 0) is 37.9 Å². The molecule has 15 heavy (non-hydrogen) atoms. The first kappa shape index (κ1) is 11.9. The van der Waals surface area contributed by atoms with Gasteiger partial charge in [0.25, 0.3) is 0 Å². The molecule has 0 saturated heterocycles. The van der Waals surface area contributed by atoms with E-state index in [0.29, 0.717) is 0 Å². The van der Waals surface area contributed by atoms with Gasteiger partial charge in [0, 0.05) is 31.9 Å². The maximum absolute atomic E-state index is 5.18. The van der Waals surface area contributed by atoms with Gasteiger partial charge in [-0.15, -0.1) is 12.3 Å². The summed E-state index contributed by atoms with van der Waals surface area (Å²) in [4.78, 5) is 0. The van der Waals surface area contributed by atoms with Crippen molar-refractivity contribution < 1.29 is 0 Å². The van der Waals surface area contributed by atoms with Gasteiger partial charge in [0.05, 0.1) is 0 Å². The Labute approximate surface area is 92.7 Å². The lowest BCUT2D eigenvalue weighted by atomic mass is 10.2. The number of nitrogens with zero attached hydrogens (tertiary/aromatic N) is 1. The Balaban J connectivity index is 2.07. The van der Waals surface area contributed by atoms with Crippen molar-refractivity contribution in [1.82, 2.24) is 9.88 Å². The van der Waals surface area contributed by atoms with E-state index in [2.05, 4.69) is 41.2 Å². The Morgan fingerprint density at radius 1 is 1.47 bits per heavy atom. The second kappa shape index (κ2) is 7.14. The predicted octanol–water partition coefficient (Wildman–Crippen LogP) is 2.40. The number of aryl methyl sites for hydroxylation is 1. The van der Waals surface area contributed by atoms with Gasteiger partial charge in [-0.3, -0.25) is 0 Å².